The highest BCUT2D eigenvalue weighted by Crippen LogP contribution is 2.18. The van der Waals surface area contributed by atoms with E-state index < -0.39 is 0 Å². The van der Waals surface area contributed by atoms with E-state index in [1.54, 1.807) is 0 Å². The van der Waals surface area contributed by atoms with Gasteiger partial charge in [0.2, 0.25) is 0 Å². The third kappa shape index (κ3) is 4.15. The lowest BCUT2D eigenvalue weighted by atomic mass is 10.1. The Balaban J connectivity index is 2.17. The van der Waals surface area contributed by atoms with Crippen molar-refractivity contribution in [2.75, 3.05) is 17.2 Å². The maximum atomic E-state index is 4.58. The molecule has 5 nitrogen and oxygen atoms in total. The first-order valence-corrected chi connectivity index (χ1v) is 7.36. The smallest absolute Gasteiger partial charge is 0.135 e. The fourth-order valence-corrected chi connectivity index (χ4v) is 1.95. The topological polar surface area (TPSA) is 62.7 Å². The van der Waals surface area contributed by atoms with Crippen LogP contribution >= 0.6 is 0 Å². The first kappa shape index (κ1) is 15.2. The Morgan fingerprint density at radius 1 is 1.14 bits per heavy atom. The molecule has 0 saturated carbocycles. The lowest BCUT2D eigenvalue weighted by molar-refractivity contribution is 0.775. The summed E-state index contributed by atoms with van der Waals surface area (Å²) in [6.07, 6.45) is 3.70. The minimum atomic E-state index is 0.296. The standard InChI is InChI=1S/C16H23N5/c1-5-18-14-8-15(21-16(20-14)11(2)3)19-10-13-9-17-7-6-12(13)4/h6-9,11H,5,10H2,1-4H3,(H2,18,19,20,21). The van der Waals surface area contributed by atoms with Crippen molar-refractivity contribution in [1.29, 1.82) is 0 Å². The molecule has 0 radical (unpaired) electrons. The molecule has 2 aromatic rings. The highest BCUT2D eigenvalue weighted by molar-refractivity contribution is 5.48. The molecule has 0 aliphatic carbocycles. The van der Waals surface area contributed by atoms with Crippen molar-refractivity contribution in [3.63, 3.8) is 0 Å². The van der Waals surface area contributed by atoms with E-state index in [9.17, 15) is 0 Å². The summed E-state index contributed by atoms with van der Waals surface area (Å²) in [6.45, 7) is 9.89. The second-order valence-corrected chi connectivity index (χ2v) is 5.34. The Labute approximate surface area is 126 Å². The van der Waals surface area contributed by atoms with Crippen molar-refractivity contribution in [3.8, 4) is 0 Å². The Bertz CT molecular complexity index is 595. The minimum absolute atomic E-state index is 0.296. The van der Waals surface area contributed by atoms with Gasteiger partial charge in [-0.25, -0.2) is 9.97 Å². The van der Waals surface area contributed by atoms with E-state index >= 15 is 0 Å². The van der Waals surface area contributed by atoms with E-state index in [1.807, 2.05) is 24.5 Å². The zero-order valence-corrected chi connectivity index (χ0v) is 13.1. The first-order valence-electron chi connectivity index (χ1n) is 7.36. The van der Waals surface area contributed by atoms with Crippen molar-refractivity contribution >= 4 is 11.6 Å². The van der Waals surface area contributed by atoms with E-state index in [4.69, 9.17) is 0 Å². The van der Waals surface area contributed by atoms with Crippen LogP contribution in [0.2, 0.25) is 0 Å². The van der Waals surface area contributed by atoms with Gasteiger partial charge in [-0.3, -0.25) is 4.98 Å². The number of anilines is 2. The summed E-state index contributed by atoms with van der Waals surface area (Å²) in [7, 11) is 0. The van der Waals surface area contributed by atoms with Crippen LogP contribution in [0, 0.1) is 6.92 Å². The van der Waals surface area contributed by atoms with Gasteiger partial charge in [0.05, 0.1) is 0 Å². The number of nitrogens with one attached hydrogen (secondary N) is 2. The Hall–Kier alpha value is -2.17. The maximum absolute atomic E-state index is 4.58. The average Bonchev–Trinajstić information content (AvgIpc) is 2.46. The summed E-state index contributed by atoms with van der Waals surface area (Å²) in [5.74, 6) is 2.85. The van der Waals surface area contributed by atoms with Crippen LogP contribution in [0.1, 0.15) is 43.6 Å². The number of rotatable bonds is 6. The molecule has 0 bridgehead atoms. The second-order valence-electron chi connectivity index (χ2n) is 5.34. The average molecular weight is 285 g/mol. The van der Waals surface area contributed by atoms with Crippen LogP contribution < -0.4 is 10.6 Å². The number of hydrogen-bond donors (Lipinski definition) is 2. The van der Waals surface area contributed by atoms with Crippen molar-refractivity contribution in [2.45, 2.75) is 40.2 Å². The highest BCUT2D eigenvalue weighted by atomic mass is 15.1. The van der Waals surface area contributed by atoms with Gasteiger partial charge >= 0.3 is 0 Å². The molecule has 2 rings (SSSR count). The predicted molar refractivity (Wildman–Crippen MR) is 86.6 cm³/mol. The molecule has 0 saturated heterocycles. The third-order valence-electron chi connectivity index (χ3n) is 3.23. The van der Waals surface area contributed by atoms with Crippen molar-refractivity contribution in [2.24, 2.45) is 0 Å². The summed E-state index contributed by atoms with van der Waals surface area (Å²) in [5, 5.41) is 6.61. The number of pyridine rings is 1. The summed E-state index contributed by atoms with van der Waals surface area (Å²) < 4.78 is 0. The molecule has 0 unspecified atom stereocenters. The monoisotopic (exact) mass is 285 g/mol. The van der Waals surface area contributed by atoms with Crippen LogP contribution in [0.15, 0.2) is 24.5 Å². The summed E-state index contributed by atoms with van der Waals surface area (Å²) in [4.78, 5) is 13.3. The van der Waals surface area contributed by atoms with Crippen LogP contribution in [0.25, 0.3) is 0 Å². The molecule has 112 valence electrons. The Kier molecular flexibility index (Phi) is 5.09. The van der Waals surface area contributed by atoms with Gasteiger partial charge in [0.25, 0.3) is 0 Å². The van der Waals surface area contributed by atoms with Gasteiger partial charge in [0.15, 0.2) is 0 Å². The van der Waals surface area contributed by atoms with E-state index in [-0.39, 0.29) is 0 Å². The predicted octanol–water partition coefficient (Wildman–Crippen LogP) is 3.35. The van der Waals surface area contributed by atoms with Crippen molar-refractivity contribution in [1.82, 2.24) is 15.0 Å². The molecule has 0 fully saturated rings. The van der Waals surface area contributed by atoms with Gasteiger partial charge < -0.3 is 10.6 Å². The van der Waals surface area contributed by atoms with E-state index in [0.717, 1.165) is 24.0 Å². The molecule has 0 amide bonds. The summed E-state index contributed by atoms with van der Waals surface area (Å²) in [5.41, 5.74) is 2.40. The normalized spacial score (nSPS) is 10.7. The zero-order valence-electron chi connectivity index (χ0n) is 13.1. The number of hydrogen-bond acceptors (Lipinski definition) is 5. The van der Waals surface area contributed by atoms with Gasteiger partial charge in [-0.2, -0.15) is 0 Å². The molecule has 2 aromatic heterocycles. The van der Waals surface area contributed by atoms with Crippen molar-refractivity contribution in [3.05, 3.63) is 41.5 Å². The molecule has 5 heteroatoms. The van der Waals surface area contributed by atoms with E-state index in [2.05, 4.69) is 53.3 Å². The second kappa shape index (κ2) is 7.02. The van der Waals surface area contributed by atoms with Crippen LogP contribution in [0.5, 0.6) is 0 Å². The summed E-state index contributed by atoms with van der Waals surface area (Å²) >= 11 is 0. The van der Waals surface area contributed by atoms with Gasteiger partial charge in [-0.05, 0) is 31.0 Å². The largest absolute Gasteiger partial charge is 0.370 e. The lowest BCUT2D eigenvalue weighted by Gasteiger charge is -2.13. The highest BCUT2D eigenvalue weighted by Gasteiger charge is 2.08. The van der Waals surface area contributed by atoms with Crippen LogP contribution in [0.3, 0.4) is 0 Å². The molecule has 2 N–H and O–H groups in total. The molecule has 0 aliphatic rings. The molecule has 0 aliphatic heterocycles. The molecular formula is C16H23N5. The third-order valence-corrected chi connectivity index (χ3v) is 3.23. The van der Waals surface area contributed by atoms with Gasteiger partial charge in [0, 0.05) is 37.5 Å². The molecule has 21 heavy (non-hydrogen) atoms. The van der Waals surface area contributed by atoms with Crippen LogP contribution in [-0.2, 0) is 6.54 Å². The fraction of sp³-hybridized carbons (Fsp3) is 0.438. The quantitative estimate of drug-likeness (QED) is 0.852. The Morgan fingerprint density at radius 3 is 2.48 bits per heavy atom. The van der Waals surface area contributed by atoms with Gasteiger partial charge in [-0.1, -0.05) is 13.8 Å². The lowest BCUT2D eigenvalue weighted by Crippen LogP contribution is -2.09. The zero-order chi connectivity index (χ0) is 15.2. The number of nitrogens with zero attached hydrogens (tertiary/aromatic N) is 3. The first-order chi connectivity index (χ1) is 10.1. The molecule has 0 atom stereocenters. The van der Waals surface area contributed by atoms with E-state index in [0.29, 0.717) is 12.5 Å². The van der Waals surface area contributed by atoms with Crippen molar-refractivity contribution < 1.29 is 0 Å². The van der Waals surface area contributed by atoms with Gasteiger partial charge in [0.1, 0.15) is 17.5 Å². The minimum Gasteiger partial charge on any atom is -0.370 e. The number of aryl methyl sites for hydroxylation is 1. The fourth-order valence-electron chi connectivity index (χ4n) is 1.95. The van der Waals surface area contributed by atoms with Crippen LogP contribution in [0.4, 0.5) is 11.6 Å². The maximum Gasteiger partial charge on any atom is 0.135 e. The molecule has 0 spiro atoms. The molecule has 0 aromatic carbocycles. The SMILES string of the molecule is CCNc1cc(NCc2cnccc2C)nc(C(C)C)n1. The Morgan fingerprint density at radius 2 is 1.86 bits per heavy atom. The summed E-state index contributed by atoms with van der Waals surface area (Å²) in [6, 6.07) is 3.96. The van der Waals surface area contributed by atoms with E-state index in [1.165, 1.54) is 11.1 Å². The molecule has 2 heterocycles. The number of aromatic nitrogens is 3. The van der Waals surface area contributed by atoms with Crippen LogP contribution in [-0.4, -0.2) is 21.5 Å². The molecular weight excluding hydrogens is 262 g/mol. The van der Waals surface area contributed by atoms with Gasteiger partial charge in [-0.15, -0.1) is 0 Å².